The number of amides is 2. The summed E-state index contributed by atoms with van der Waals surface area (Å²) < 4.78 is 5.12. The summed E-state index contributed by atoms with van der Waals surface area (Å²) in [6.07, 6.45) is 4.11. The Labute approximate surface area is 172 Å². The number of ether oxygens (including phenoxy) is 1. The molecular weight excluding hydrogens is 366 g/mol. The third-order valence-corrected chi connectivity index (χ3v) is 5.48. The van der Waals surface area contributed by atoms with Crippen LogP contribution >= 0.6 is 0 Å². The van der Waals surface area contributed by atoms with E-state index in [9.17, 15) is 9.59 Å². The molecule has 6 nitrogen and oxygen atoms in total. The molecule has 0 aromatic heterocycles. The van der Waals surface area contributed by atoms with Gasteiger partial charge in [-0.3, -0.25) is 9.59 Å². The molecule has 3 N–H and O–H groups in total. The van der Waals surface area contributed by atoms with Gasteiger partial charge in [-0.2, -0.15) is 0 Å². The smallest absolute Gasteiger partial charge is 0.255 e. The van der Waals surface area contributed by atoms with E-state index in [1.807, 2.05) is 29.2 Å². The lowest BCUT2D eigenvalue weighted by Gasteiger charge is -2.38. The second-order valence-electron chi connectivity index (χ2n) is 7.55. The first-order valence-corrected chi connectivity index (χ1v) is 10.0. The van der Waals surface area contributed by atoms with Crippen molar-refractivity contribution in [1.82, 2.24) is 4.90 Å². The summed E-state index contributed by atoms with van der Waals surface area (Å²) in [7, 11) is 1.59. The first kappa shape index (κ1) is 20.9. The van der Waals surface area contributed by atoms with Crippen LogP contribution in [0.25, 0.3) is 0 Å². The second-order valence-corrected chi connectivity index (χ2v) is 7.55. The number of nitrogens with two attached hydrogens (primary N) is 1. The number of hydrogen-bond donors (Lipinski definition) is 2. The number of nitrogens with zero attached hydrogens (tertiary/aromatic N) is 1. The zero-order valence-corrected chi connectivity index (χ0v) is 17.1. The summed E-state index contributed by atoms with van der Waals surface area (Å²) >= 11 is 0. The van der Waals surface area contributed by atoms with E-state index in [2.05, 4.69) is 5.32 Å². The van der Waals surface area contributed by atoms with Crippen LogP contribution in [-0.2, 0) is 11.3 Å². The van der Waals surface area contributed by atoms with Crippen molar-refractivity contribution in [1.29, 1.82) is 0 Å². The zero-order chi connectivity index (χ0) is 20.8. The van der Waals surface area contributed by atoms with Gasteiger partial charge >= 0.3 is 0 Å². The zero-order valence-electron chi connectivity index (χ0n) is 17.1. The largest absolute Gasteiger partial charge is 0.497 e. The van der Waals surface area contributed by atoms with Gasteiger partial charge in [-0.15, -0.1) is 0 Å². The predicted octanol–water partition coefficient (Wildman–Crippen LogP) is 3.57. The molecule has 1 aliphatic rings. The van der Waals surface area contributed by atoms with Crippen LogP contribution < -0.4 is 15.8 Å². The summed E-state index contributed by atoms with van der Waals surface area (Å²) in [5, 5.41) is 2.92. The lowest BCUT2D eigenvalue weighted by atomic mass is 9.89. The van der Waals surface area contributed by atoms with E-state index < -0.39 is 0 Å². The fourth-order valence-corrected chi connectivity index (χ4v) is 3.88. The summed E-state index contributed by atoms with van der Waals surface area (Å²) in [6, 6.07) is 14.6. The molecule has 2 aromatic carbocycles. The van der Waals surface area contributed by atoms with Gasteiger partial charge < -0.3 is 20.7 Å². The fourth-order valence-electron chi connectivity index (χ4n) is 3.88. The van der Waals surface area contributed by atoms with Crippen LogP contribution in [0.2, 0.25) is 0 Å². The van der Waals surface area contributed by atoms with Crippen LogP contribution in [0.3, 0.4) is 0 Å². The number of rotatable bonds is 6. The van der Waals surface area contributed by atoms with Gasteiger partial charge in [0.25, 0.3) is 5.91 Å². The maximum absolute atomic E-state index is 12.5. The van der Waals surface area contributed by atoms with E-state index in [4.69, 9.17) is 10.5 Å². The SMILES string of the molecule is COc1ccc(C(=O)Nc2cccc(CN(C(C)=O)C3CCCCC3N)c2)cc1. The Balaban J connectivity index is 1.70. The van der Waals surface area contributed by atoms with Crippen molar-refractivity contribution in [3.63, 3.8) is 0 Å². The minimum atomic E-state index is -0.192. The Morgan fingerprint density at radius 2 is 1.86 bits per heavy atom. The predicted molar refractivity (Wildman–Crippen MR) is 114 cm³/mol. The monoisotopic (exact) mass is 395 g/mol. The fraction of sp³-hybridized carbons (Fsp3) is 0.391. The molecule has 0 bridgehead atoms. The summed E-state index contributed by atoms with van der Waals surface area (Å²) in [4.78, 5) is 26.7. The Morgan fingerprint density at radius 3 is 2.52 bits per heavy atom. The van der Waals surface area contributed by atoms with E-state index in [1.165, 1.54) is 0 Å². The maximum atomic E-state index is 12.5. The number of carbonyl (C=O) groups excluding carboxylic acids is 2. The van der Waals surface area contributed by atoms with Crippen molar-refractivity contribution >= 4 is 17.5 Å². The molecule has 1 aliphatic carbocycles. The van der Waals surface area contributed by atoms with Crippen molar-refractivity contribution in [3.05, 3.63) is 59.7 Å². The van der Waals surface area contributed by atoms with Gasteiger partial charge in [0.15, 0.2) is 0 Å². The number of carbonyl (C=O) groups is 2. The minimum absolute atomic E-state index is 0.0191. The highest BCUT2D eigenvalue weighted by molar-refractivity contribution is 6.04. The Morgan fingerprint density at radius 1 is 1.14 bits per heavy atom. The molecule has 1 fully saturated rings. The molecule has 29 heavy (non-hydrogen) atoms. The molecule has 0 saturated heterocycles. The second kappa shape index (κ2) is 9.56. The lowest BCUT2D eigenvalue weighted by molar-refractivity contribution is -0.133. The van der Waals surface area contributed by atoms with Crippen molar-refractivity contribution in [3.8, 4) is 5.75 Å². The van der Waals surface area contributed by atoms with E-state index in [-0.39, 0.29) is 23.9 Å². The lowest BCUT2D eigenvalue weighted by Crippen LogP contribution is -2.50. The number of benzene rings is 2. The highest BCUT2D eigenvalue weighted by atomic mass is 16.5. The van der Waals surface area contributed by atoms with Crippen molar-refractivity contribution < 1.29 is 14.3 Å². The van der Waals surface area contributed by atoms with Gasteiger partial charge in [0.1, 0.15) is 5.75 Å². The minimum Gasteiger partial charge on any atom is -0.497 e. The van der Waals surface area contributed by atoms with Gasteiger partial charge in [0.05, 0.1) is 7.11 Å². The summed E-state index contributed by atoms with van der Waals surface area (Å²) in [5.74, 6) is 0.538. The quantitative estimate of drug-likeness (QED) is 0.783. The molecule has 6 heteroatoms. The van der Waals surface area contributed by atoms with Gasteiger partial charge in [0.2, 0.25) is 5.91 Å². The molecule has 2 atom stereocenters. The third-order valence-electron chi connectivity index (χ3n) is 5.48. The Bertz CT molecular complexity index is 851. The van der Waals surface area contributed by atoms with Crippen LogP contribution in [0.15, 0.2) is 48.5 Å². The van der Waals surface area contributed by atoms with Crippen LogP contribution in [0.5, 0.6) is 5.75 Å². The molecule has 0 radical (unpaired) electrons. The van der Waals surface area contributed by atoms with Crippen molar-refractivity contribution in [2.24, 2.45) is 5.73 Å². The molecule has 1 saturated carbocycles. The van der Waals surface area contributed by atoms with E-state index in [0.717, 1.165) is 31.2 Å². The molecule has 2 aromatic rings. The molecule has 0 spiro atoms. The molecule has 2 amide bonds. The third kappa shape index (κ3) is 5.35. The summed E-state index contributed by atoms with van der Waals surface area (Å²) in [5.41, 5.74) is 8.50. The van der Waals surface area contributed by atoms with Crippen LogP contribution in [0.4, 0.5) is 5.69 Å². The number of hydrogen-bond acceptors (Lipinski definition) is 4. The number of nitrogens with one attached hydrogen (secondary N) is 1. The molecular formula is C23H29N3O3. The van der Waals surface area contributed by atoms with Crippen LogP contribution in [0.1, 0.15) is 48.5 Å². The Kier molecular flexibility index (Phi) is 6.88. The van der Waals surface area contributed by atoms with Gasteiger partial charge in [-0.25, -0.2) is 0 Å². The molecule has 154 valence electrons. The molecule has 3 rings (SSSR count). The highest BCUT2D eigenvalue weighted by Gasteiger charge is 2.29. The van der Waals surface area contributed by atoms with Crippen molar-refractivity contribution in [2.45, 2.75) is 51.2 Å². The normalized spacial score (nSPS) is 18.7. The Hall–Kier alpha value is -2.86. The average Bonchev–Trinajstić information content (AvgIpc) is 2.73. The van der Waals surface area contributed by atoms with Crippen molar-refractivity contribution in [2.75, 3.05) is 12.4 Å². The average molecular weight is 396 g/mol. The van der Waals surface area contributed by atoms with Gasteiger partial charge in [-0.05, 0) is 54.8 Å². The molecule has 2 unspecified atom stereocenters. The first-order valence-electron chi connectivity index (χ1n) is 10.0. The summed E-state index contributed by atoms with van der Waals surface area (Å²) in [6.45, 7) is 2.08. The topological polar surface area (TPSA) is 84.7 Å². The number of anilines is 1. The molecule has 0 heterocycles. The van der Waals surface area contributed by atoms with Gasteiger partial charge in [0, 0.05) is 36.8 Å². The van der Waals surface area contributed by atoms with Crippen LogP contribution in [-0.4, -0.2) is 35.9 Å². The first-order chi connectivity index (χ1) is 14.0. The maximum Gasteiger partial charge on any atom is 0.255 e. The van der Waals surface area contributed by atoms with E-state index in [1.54, 1.807) is 38.3 Å². The highest BCUT2D eigenvalue weighted by Crippen LogP contribution is 2.24. The van der Waals surface area contributed by atoms with E-state index in [0.29, 0.717) is 23.5 Å². The van der Waals surface area contributed by atoms with Gasteiger partial charge in [-0.1, -0.05) is 25.0 Å². The molecule has 0 aliphatic heterocycles. The standard InChI is InChI=1S/C23H29N3O3/c1-16(27)26(22-9-4-3-8-21(22)24)15-17-6-5-7-19(14-17)25-23(28)18-10-12-20(29-2)13-11-18/h5-7,10-14,21-22H,3-4,8-9,15,24H2,1-2H3,(H,25,28). The van der Waals surface area contributed by atoms with E-state index >= 15 is 0 Å². The number of methoxy groups -OCH3 is 1. The van der Waals surface area contributed by atoms with Crippen LogP contribution in [0, 0.1) is 0 Å².